The first kappa shape index (κ1) is 15.6. The average Bonchev–Trinajstić information content (AvgIpc) is 3.04. The van der Waals surface area contributed by atoms with Crippen molar-refractivity contribution in [3.05, 3.63) is 53.5 Å². The molecular weight excluding hydrogens is 290 g/mol. The third-order valence-electron chi connectivity index (χ3n) is 4.38. The van der Waals surface area contributed by atoms with Gasteiger partial charge in [0.05, 0.1) is 12.8 Å². The zero-order valence-electron chi connectivity index (χ0n) is 13.7. The standard InChI is InChI=1S/C18H23N3O2/c1-14-5-6-16(12-15(14)2)19-18(22)21-9-7-20(8-10-21)13-17-4-3-11-23-17/h3-6,11-12H,7-10,13H2,1-2H3,(H,19,22). The van der Waals surface area contributed by atoms with Crippen LogP contribution in [-0.4, -0.2) is 42.0 Å². The van der Waals surface area contributed by atoms with Crippen molar-refractivity contribution in [3.8, 4) is 0 Å². The van der Waals surface area contributed by atoms with Crippen LogP contribution in [0.5, 0.6) is 0 Å². The minimum Gasteiger partial charge on any atom is -0.468 e. The molecule has 5 nitrogen and oxygen atoms in total. The molecule has 0 bridgehead atoms. The molecule has 23 heavy (non-hydrogen) atoms. The molecule has 1 aliphatic rings. The maximum absolute atomic E-state index is 12.4. The smallest absolute Gasteiger partial charge is 0.321 e. The minimum atomic E-state index is -0.0223. The first-order valence-corrected chi connectivity index (χ1v) is 8.00. The van der Waals surface area contributed by atoms with Crippen molar-refractivity contribution in [1.29, 1.82) is 0 Å². The number of rotatable bonds is 3. The van der Waals surface area contributed by atoms with E-state index in [9.17, 15) is 4.79 Å². The van der Waals surface area contributed by atoms with Gasteiger partial charge in [-0.25, -0.2) is 4.79 Å². The van der Waals surface area contributed by atoms with E-state index >= 15 is 0 Å². The Balaban J connectivity index is 1.50. The molecule has 2 heterocycles. The Hall–Kier alpha value is -2.27. The van der Waals surface area contributed by atoms with Crippen molar-refractivity contribution in [3.63, 3.8) is 0 Å². The van der Waals surface area contributed by atoms with Crippen LogP contribution in [-0.2, 0) is 6.54 Å². The van der Waals surface area contributed by atoms with E-state index < -0.39 is 0 Å². The van der Waals surface area contributed by atoms with Gasteiger partial charge in [-0.3, -0.25) is 4.90 Å². The molecule has 1 saturated heterocycles. The summed E-state index contributed by atoms with van der Waals surface area (Å²) in [7, 11) is 0. The van der Waals surface area contributed by atoms with Crippen molar-refractivity contribution in [2.45, 2.75) is 20.4 Å². The number of amides is 2. The Morgan fingerprint density at radius 3 is 2.57 bits per heavy atom. The Morgan fingerprint density at radius 2 is 1.91 bits per heavy atom. The third-order valence-corrected chi connectivity index (χ3v) is 4.38. The number of hydrogen-bond acceptors (Lipinski definition) is 3. The van der Waals surface area contributed by atoms with Gasteiger partial charge in [-0.2, -0.15) is 0 Å². The van der Waals surface area contributed by atoms with Crippen molar-refractivity contribution in [1.82, 2.24) is 9.80 Å². The highest BCUT2D eigenvalue weighted by molar-refractivity contribution is 5.89. The van der Waals surface area contributed by atoms with E-state index in [1.165, 1.54) is 11.1 Å². The number of piperazine rings is 1. The molecule has 1 aromatic carbocycles. The van der Waals surface area contributed by atoms with Gasteiger partial charge in [0, 0.05) is 31.9 Å². The van der Waals surface area contributed by atoms with Crippen LogP contribution in [0.15, 0.2) is 41.0 Å². The summed E-state index contributed by atoms with van der Waals surface area (Å²) >= 11 is 0. The highest BCUT2D eigenvalue weighted by atomic mass is 16.3. The lowest BCUT2D eigenvalue weighted by Gasteiger charge is -2.34. The maximum atomic E-state index is 12.4. The van der Waals surface area contributed by atoms with Gasteiger partial charge in [-0.05, 0) is 49.2 Å². The van der Waals surface area contributed by atoms with Crippen molar-refractivity contribution >= 4 is 11.7 Å². The normalized spacial score (nSPS) is 15.7. The Bertz CT molecular complexity index is 659. The number of furan rings is 1. The summed E-state index contributed by atoms with van der Waals surface area (Å²) in [5, 5.41) is 2.99. The molecule has 5 heteroatoms. The van der Waals surface area contributed by atoms with E-state index in [0.29, 0.717) is 0 Å². The third kappa shape index (κ3) is 3.93. The first-order chi connectivity index (χ1) is 11.1. The zero-order valence-corrected chi connectivity index (χ0v) is 13.7. The van der Waals surface area contributed by atoms with Gasteiger partial charge in [0.25, 0.3) is 0 Å². The van der Waals surface area contributed by atoms with Crippen molar-refractivity contribution < 1.29 is 9.21 Å². The number of hydrogen-bond donors (Lipinski definition) is 1. The first-order valence-electron chi connectivity index (χ1n) is 8.00. The van der Waals surface area contributed by atoms with Crippen LogP contribution < -0.4 is 5.32 Å². The van der Waals surface area contributed by atoms with Crippen molar-refractivity contribution in [2.75, 3.05) is 31.5 Å². The molecular formula is C18H23N3O2. The van der Waals surface area contributed by atoms with Crippen LogP contribution in [0.2, 0.25) is 0 Å². The summed E-state index contributed by atoms with van der Waals surface area (Å²) in [5.41, 5.74) is 3.27. The fourth-order valence-electron chi connectivity index (χ4n) is 2.75. The maximum Gasteiger partial charge on any atom is 0.321 e. The highest BCUT2D eigenvalue weighted by Crippen LogP contribution is 2.15. The molecule has 1 fully saturated rings. The van der Waals surface area contributed by atoms with Gasteiger partial charge < -0.3 is 14.6 Å². The number of nitrogens with one attached hydrogen (secondary N) is 1. The summed E-state index contributed by atoms with van der Waals surface area (Å²) in [6.45, 7) is 8.12. The largest absolute Gasteiger partial charge is 0.468 e. The van der Waals surface area contributed by atoms with Gasteiger partial charge in [-0.1, -0.05) is 6.07 Å². The van der Waals surface area contributed by atoms with Gasteiger partial charge in [0.2, 0.25) is 0 Å². The summed E-state index contributed by atoms with van der Waals surface area (Å²) in [5.74, 6) is 0.970. The fraction of sp³-hybridized carbons (Fsp3) is 0.389. The number of carbonyl (C=O) groups excluding carboxylic acids is 1. The average molecular weight is 313 g/mol. The second-order valence-electron chi connectivity index (χ2n) is 6.07. The molecule has 0 radical (unpaired) electrons. The Kier molecular flexibility index (Phi) is 4.67. The number of benzene rings is 1. The quantitative estimate of drug-likeness (QED) is 0.946. The van der Waals surface area contributed by atoms with Gasteiger partial charge in [-0.15, -0.1) is 0 Å². The van der Waals surface area contributed by atoms with Gasteiger partial charge in [0.1, 0.15) is 5.76 Å². The topological polar surface area (TPSA) is 48.7 Å². The van der Waals surface area contributed by atoms with Crippen molar-refractivity contribution in [2.24, 2.45) is 0 Å². The van der Waals surface area contributed by atoms with E-state index in [1.807, 2.05) is 35.2 Å². The second-order valence-corrected chi connectivity index (χ2v) is 6.07. The number of nitrogens with zero attached hydrogens (tertiary/aromatic N) is 2. The minimum absolute atomic E-state index is 0.0223. The van der Waals surface area contributed by atoms with Crippen LogP contribution in [0.3, 0.4) is 0 Å². The van der Waals surface area contributed by atoms with E-state index in [1.54, 1.807) is 6.26 Å². The molecule has 3 rings (SSSR count). The molecule has 1 aliphatic heterocycles. The molecule has 1 aromatic heterocycles. The lowest BCUT2D eigenvalue weighted by atomic mass is 10.1. The van der Waals surface area contributed by atoms with E-state index in [2.05, 4.69) is 24.1 Å². The molecule has 0 aliphatic carbocycles. The lowest BCUT2D eigenvalue weighted by Crippen LogP contribution is -2.49. The monoisotopic (exact) mass is 313 g/mol. The summed E-state index contributed by atoms with van der Waals surface area (Å²) in [6.07, 6.45) is 1.70. The summed E-state index contributed by atoms with van der Waals surface area (Å²) < 4.78 is 5.38. The highest BCUT2D eigenvalue weighted by Gasteiger charge is 2.21. The predicted molar refractivity (Wildman–Crippen MR) is 90.5 cm³/mol. The van der Waals surface area contributed by atoms with Crippen LogP contribution in [0.25, 0.3) is 0 Å². The summed E-state index contributed by atoms with van der Waals surface area (Å²) in [4.78, 5) is 16.5. The Morgan fingerprint density at radius 1 is 1.13 bits per heavy atom. The fourth-order valence-corrected chi connectivity index (χ4v) is 2.75. The molecule has 0 unspecified atom stereocenters. The van der Waals surface area contributed by atoms with Crippen LogP contribution in [0, 0.1) is 13.8 Å². The van der Waals surface area contributed by atoms with E-state index in [0.717, 1.165) is 44.2 Å². The van der Waals surface area contributed by atoms with Crippen LogP contribution in [0.1, 0.15) is 16.9 Å². The summed E-state index contributed by atoms with van der Waals surface area (Å²) in [6, 6.07) is 9.87. The van der Waals surface area contributed by atoms with Crippen LogP contribution >= 0.6 is 0 Å². The number of carbonyl (C=O) groups is 1. The molecule has 1 N–H and O–H groups in total. The Labute approximate surface area is 136 Å². The SMILES string of the molecule is Cc1ccc(NC(=O)N2CCN(Cc3ccco3)CC2)cc1C. The molecule has 2 amide bonds. The molecule has 0 spiro atoms. The zero-order chi connectivity index (χ0) is 16.2. The van der Waals surface area contributed by atoms with Gasteiger partial charge in [0.15, 0.2) is 0 Å². The van der Waals surface area contributed by atoms with E-state index in [4.69, 9.17) is 4.42 Å². The lowest BCUT2D eigenvalue weighted by molar-refractivity contribution is 0.137. The number of aryl methyl sites for hydroxylation is 2. The molecule has 122 valence electrons. The van der Waals surface area contributed by atoms with Crippen LogP contribution in [0.4, 0.5) is 10.5 Å². The second kappa shape index (κ2) is 6.87. The molecule has 0 atom stereocenters. The van der Waals surface area contributed by atoms with E-state index in [-0.39, 0.29) is 6.03 Å². The molecule has 2 aromatic rings. The number of urea groups is 1. The number of anilines is 1. The van der Waals surface area contributed by atoms with Gasteiger partial charge >= 0.3 is 6.03 Å². The molecule has 0 saturated carbocycles. The predicted octanol–water partition coefficient (Wildman–Crippen LogP) is 3.25.